The Balaban J connectivity index is 0.000000224. The smallest absolute Gasteiger partial charge is 0.337 e. The second-order valence-electron chi connectivity index (χ2n) is 9.73. The number of alkyl halides is 2. The quantitative estimate of drug-likeness (QED) is 0.311. The molecular weight excluding hydrogens is 502 g/mol. The maximum atomic E-state index is 12.5. The molecule has 0 unspecified atom stereocenters. The number of carboxylic acids is 1. The third-order valence-electron chi connectivity index (χ3n) is 7.20. The highest BCUT2D eigenvalue weighted by atomic mass is 19.3. The third kappa shape index (κ3) is 8.16. The van der Waals surface area contributed by atoms with Crippen molar-refractivity contribution in [2.24, 2.45) is 0 Å². The van der Waals surface area contributed by atoms with E-state index in [9.17, 15) is 13.6 Å². The van der Waals surface area contributed by atoms with E-state index in [2.05, 4.69) is 34.3 Å². The summed E-state index contributed by atoms with van der Waals surface area (Å²) in [5, 5.41) is 13.4. The van der Waals surface area contributed by atoms with Crippen LogP contribution in [0.4, 0.5) is 14.5 Å². The number of halogens is 2. The summed E-state index contributed by atoms with van der Waals surface area (Å²) < 4.78 is 30.5. The van der Waals surface area contributed by atoms with Gasteiger partial charge in [-0.1, -0.05) is 26.0 Å². The number of fused-ring (bicyclic) bond motifs is 1. The van der Waals surface area contributed by atoms with Crippen LogP contribution in [0, 0.1) is 6.92 Å². The molecule has 2 heterocycles. The minimum atomic E-state index is -2.25. The number of anilines is 1. The number of methoxy groups -OCH3 is 1. The number of carbonyl (C=O) groups is 1. The molecule has 0 bridgehead atoms. The van der Waals surface area contributed by atoms with Crippen LogP contribution in [-0.4, -0.2) is 78.2 Å². The van der Waals surface area contributed by atoms with Crippen LogP contribution in [0.1, 0.15) is 54.6 Å². The molecule has 1 aliphatic carbocycles. The second-order valence-corrected chi connectivity index (χ2v) is 9.73. The lowest BCUT2D eigenvalue weighted by Gasteiger charge is -2.34. The molecule has 7 nitrogen and oxygen atoms in total. The summed E-state index contributed by atoms with van der Waals surface area (Å²) in [4.78, 5) is 18.3. The summed E-state index contributed by atoms with van der Waals surface area (Å²) in [7, 11) is 1.69. The van der Waals surface area contributed by atoms with Crippen molar-refractivity contribution in [3.63, 3.8) is 0 Å². The van der Waals surface area contributed by atoms with Crippen molar-refractivity contribution in [1.29, 1.82) is 0 Å². The number of nitrogens with one attached hydrogen (secondary N) is 2. The average molecular weight is 545 g/mol. The molecule has 5 rings (SSSR count). The number of nitrogens with zero attached hydrogens (tertiary/aromatic N) is 2. The highest BCUT2D eigenvalue weighted by molar-refractivity contribution is 5.94. The van der Waals surface area contributed by atoms with Crippen molar-refractivity contribution in [1.82, 2.24) is 14.8 Å². The van der Waals surface area contributed by atoms with Gasteiger partial charge in [0.05, 0.1) is 19.2 Å². The summed E-state index contributed by atoms with van der Waals surface area (Å²) in [5.41, 5.74) is 4.56. The fourth-order valence-corrected chi connectivity index (χ4v) is 4.90. The molecule has 0 atom stereocenters. The fourth-order valence-electron chi connectivity index (χ4n) is 4.90. The van der Waals surface area contributed by atoms with Gasteiger partial charge >= 0.3 is 5.97 Å². The Morgan fingerprint density at radius 1 is 1.13 bits per heavy atom. The Bertz CT molecular complexity index is 1190. The minimum absolute atomic E-state index is 0.121. The van der Waals surface area contributed by atoms with Crippen LogP contribution in [0.25, 0.3) is 10.9 Å². The van der Waals surface area contributed by atoms with Crippen LogP contribution < -0.4 is 10.1 Å². The second kappa shape index (κ2) is 14.8. The zero-order valence-electron chi connectivity index (χ0n) is 23.5. The third-order valence-corrected chi connectivity index (χ3v) is 7.20. The van der Waals surface area contributed by atoms with Gasteiger partial charge in [0, 0.05) is 67.1 Å². The predicted molar refractivity (Wildman–Crippen MR) is 153 cm³/mol. The van der Waals surface area contributed by atoms with E-state index >= 15 is 0 Å². The number of para-hydroxylation sites is 1. The van der Waals surface area contributed by atoms with Gasteiger partial charge in [-0.3, -0.25) is 9.80 Å². The SMILES string of the molecule is CC.COc1cc(C)c2[nH]ccc2c1CN1CCN(CC(F)F)CC1.O=C(O)c1ccccc1NC1CCC1. The lowest BCUT2D eigenvalue weighted by atomic mass is 9.92. The Labute approximate surface area is 230 Å². The molecule has 2 aliphatic rings. The topological polar surface area (TPSA) is 80.8 Å². The highest BCUT2D eigenvalue weighted by Crippen LogP contribution is 2.32. The first-order valence-corrected chi connectivity index (χ1v) is 13.8. The number of rotatable bonds is 8. The van der Waals surface area contributed by atoms with Gasteiger partial charge in [0.2, 0.25) is 0 Å². The van der Waals surface area contributed by atoms with Crippen molar-refractivity contribution in [2.45, 2.75) is 59.0 Å². The molecule has 9 heteroatoms. The molecule has 39 heavy (non-hydrogen) atoms. The van der Waals surface area contributed by atoms with Gasteiger partial charge in [-0.05, 0) is 56.0 Å². The van der Waals surface area contributed by atoms with E-state index < -0.39 is 12.4 Å². The lowest BCUT2D eigenvalue weighted by molar-refractivity contribution is 0.0542. The molecular formula is C30H42F2N4O3. The first-order chi connectivity index (χ1) is 18.9. The van der Waals surface area contributed by atoms with Gasteiger partial charge in [-0.25, -0.2) is 13.6 Å². The van der Waals surface area contributed by atoms with E-state index in [-0.39, 0.29) is 6.54 Å². The molecule has 1 saturated heterocycles. The van der Waals surface area contributed by atoms with Gasteiger partial charge in [-0.2, -0.15) is 0 Å². The average Bonchev–Trinajstić information content (AvgIpc) is 3.41. The molecule has 0 amide bonds. The van der Waals surface area contributed by atoms with Gasteiger partial charge in [0.1, 0.15) is 5.75 Å². The normalized spacial score (nSPS) is 16.1. The fraction of sp³-hybridized carbons (Fsp3) is 0.500. The van der Waals surface area contributed by atoms with Crippen molar-refractivity contribution in [3.8, 4) is 5.75 Å². The van der Waals surface area contributed by atoms with E-state index in [1.807, 2.05) is 37.1 Å². The van der Waals surface area contributed by atoms with E-state index in [1.165, 1.54) is 11.8 Å². The van der Waals surface area contributed by atoms with Crippen LogP contribution in [-0.2, 0) is 6.54 Å². The molecule has 0 spiro atoms. The van der Waals surface area contributed by atoms with Gasteiger partial charge < -0.3 is 20.1 Å². The number of H-pyrrole nitrogens is 1. The van der Waals surface area contributed by atoms with Crippen LogP contribution in [0.2, 0.25) is 0 Å². The number of hydrogen-bond donors (Lipinski definition) is 3. The van der Waals surface area contributed by atoms with Gasteiger partial charge in [0.25, 0.3) is 6.43 Å². The van der Waals surface area contributed by atoms with E-state index in [0.717, 1.165) is 60.6 Å². The molecule has 214 valence electrons. The van der Waals surface area contributed by atoms with Crippen molar-refractivity contribution in [3.05, 3.63) is 59.3 Å². The molecule has 1 aromatic heterocycles. The zero-order chi connectivity index (χ0) is 28.4. The predicted octanol–water partition coefficient (Wildman–Crippen LogP) is 6.24. The summed E-state index contributed by atoms with van der Waals surface area (Å²) in [5.74, 6) is 0.0250. The number of aromatic amines is 1. The van der Waals surface area contributed by atoms with E-state index in [0.29, 0.717) is 24.7 Å². The van der Waals surface area contributed by atoms with Crippen molar-refractivity contribution in [2.75, 3.05) is 45.2 Å². The molecule has 0 radical (unpaired) electrons. The molecule has 1 saturated carbocycles. The van der Waals surface area contributed by atoms with E-state index in [4.69, 9.17) is 9.84 Å². The number of carboxylic acid groups (broad SMARTS) is 1. The Morgan fingerprint density at radius 2 is 1.79 bits per heavy atom. The monoisotopic (exact) mass is 544 g/mol. The zero-order valence-corrected chi connectivity index (χ0v) is 23.5. The molecule has 2 fully saturated rings. The van der Waals surface area contributed by atoms with E-state index in [1.54, 1.807) is 19.2 Å². The molecule has 1 aliphatic heterocycles. The maximum Gasteiger partial charge on any atom is 0.337 e. The number of aromatic nitrogens is 1. The summed E-state index contributed by atoms with van der Waals surface area (Å²) in [6.07, 6.45) is 3.23. The number of aromatic carboxylic acids is 1. The van der Waals surface area contributed by atoms with Crippen molar-refractivity contribution < 1.29 is 23.4 Å². The van der Waals surface area contributed by atoms with Crippen LogP contribution >= 0.6 is 0 Å². The Morgan fingerprint density at radius 3 is 2.38 bits per heavy atom. The Kier molecular flexibility index (Phi) is 11.6. The van der Waals surface area contributed by atoms with Crippen LogP contribution in [0.5, 0.6) is 5.75 Å². The minimum Gasteiger partial charge on any atom is -0.496 e. The number of aryl methyl sites for hydroxylation is 1. The Hall–Kier alpha value is -3.17. The molecule has 2 aromatic carbocycles. The number of ether oxygens (including phenoxy) is 1. The number of piperazine rings is 1. The number of benzene rings is 2. The largest absolute Gasteiger partial charge is 0.496 e. The highest BCUT2D eigenvalue weighted by Gasteiger charge is 2.22. The maximum absolute atomic E-state index is 12.5. The molecule has 3 N–H and O–H groups in total. The first kappa shape index (κ1) is 30.4. The summed E-state index contributed by atoms with van der Waals surface area (Å²) >= 11 is 0. The summed E-state index contributed by atoms with van der Waals surface area (Å²) in [6, 6.07) is 11.7. The standard InChI is InChI=1S/C17H23F2N3O.C11H13NO2.C2H6/c1-12-9-15(23-2)14(13-3-4-20-17(12)13)10-21-5-7-22(8-6-21)11-16(18)19;13-11(14)9-6-1-2-7-10(9)12-8-4-3-5-8;1-2/h3-4,9,16,20H,5-8,10-11H2,1-2H3;1-2,6-8,12H,3-5H2,(H,13,14);1-2H3. The first-order valence-electron chi connectivity index (χ1n) is 13.8. The van der Waals surface area contributed by atoms with Gasteiger partial charge in [0.15, 0.2) is 0 Å². The molecule has 3 aromatic rings. The number of hydrogen-bond acceptors (Lipinski definition) is 5. The van der Waals surface area contributed by atoms with Crippen LogP contribution in [0.15, 0.2) is 42.6 Å². The summed E-state index contributed by atoms with van der Waals surface area (Å²) in [6.45, 7) is 9.70. The van der Waals surface area contributed by atoms with Crippen molar-refractivity contribution >= 4 is 22.6 Å². The lowest BCUT2D eigenvalue weighted by Crippen LogP contribution is -2.47. The van der Waals surface area contributed by atoms with Gasteiger partial charge in [-0.15, -0.1) is 0 Å². The van der Waals surface area contributed by atoms with Crippen LogP contribution in [0.3, 0.4) is 0 Å².